The third-order valence-corrected chi connectivity index (χ3v) is 6.80. The summed E-state index contributed by atoms with van der Waals surface area (Å²) >= 11 is 0. The second-order valence-corrected chi connectivity index (χ2v) is 9.83. The molecule has 0 spiro atoms. The highest BCUT2D eigenvalue weighted by Gasteiger charge is 2.22. The van der Waals surface area contributed by atoms with Gasteiger partial charge in [0.25, 0.3) is 0 Å². The lowest BCUT2D eigenvalue weighted by atomic mass is 10.1. The summed E-state index contributed by atoms with van der Waals surface area (Å²) in [7, 11) is 4.05. The molecule has 1 saturated heterocycles. The highest BCUT2D eigenvalue weighted by atomic mass is 16.5. The number of nitrogens with zero attached hydrogens (tertiary/aromatic N) is 4. The van der Waals surface area contributed by atoms with E-state index in [0.717, 1.165) is 53.2 Å². The summed E-state index contributed by atoms with van der Waals surface area (Å²) in [6.07, 6.45) is 7.63. The van der Waals surface area contributed by atoms with Crippen LogP contribution in [0.5, 0.6) is 0 Å². The van der Waals surface area contributed by atoms with Crippen LogP contribution in [0.25, 0.3) is 23.0 Å². The number of anilines is 1. The maximum atomic E-state index is 13.6. The van der Waals surface area contributed by atoms with E-state index in [-0.39, 0.29) is 12.0 Å². The van der Waals surface area contributed by atoms with Gasteiger partial charge in [0.15, 0.2) is 0 Å². The zero-order valence-corrected chi connectivity index (χ0v) is 22.0. The fourth-order valence-electron chi connectivity index (χ4n) is 4.70. The molecule has 2 heterocycles. The first-order chi connectivity index (χ1) is 18.6. The van der Waals surface area contributed by atoms with Crippen LogP contribution in [0, 0.1) is 0 Å². The second-order valence-electron chi connectivity index (χ2n) is 9.83. The predicted octanol–water partition coefficient (Wildman–Crippen LogP) is 5.83. The molecule has 5 rings (SSSR count). The lowest BCUT2D eigenvalue weighted by Gasteiger charge is -2.25. The number of ether oxygens (including phenoxy) is 1. The average molecular weight is 507 g/mol. The van der Waals surface area contributed by atoms with E-state index < -0.39 is 0 Å². The van der Waals surface area contributed by atoms with Gasteiger partial charge in [-0.05, 0) is 48.7 Å². The van der Waals surface area contributed by atoms with Crippen molar-refractivity contribution in [3.63, 3.8) is 0 Å². The van der Waals surface area contributed by atoms with Crippen molar-refractivity contribution in [2.24, 2.45) is 0 Å². The van der Waals surface area contributed by atoms with Crippen molar-refractivity contribution in [1.82, 2.24) is 14.7 Å². The van der Waals surface area contributed by atoms with E-state index in [1.807, 2.05) is 96.6 Å². The minimum absolute atomic E-state index is 0.0383. The molecule has 0 saturated carbocycles. The van der Waals surface area contributed by atoms with Crippen molar-refractivity contribution in [3.05, 3.63) is 108 Å². The summed E-state index contributed by atoms with van der Waals surface area (Å²) in [4.78, 5) is 17.5. The van der Waals surface area contributed by atoms with E-state index in [0.29, 0.717) is 13.1 Å². The van der Waals surface area contributed by atoms with Gasteiger partial charge in [0.05, 0.1) is 17.5 Å². The minimum atomic E-state index is -0.0383. The number of rotatable bonds is 9. The summed E-state index contributed by atoms with van der Waals surface area (Å²) < 4.78 is 7.74. The zero-order chi connectivity index (χ0) is 26.3. The van der Waals surface area contributed by atoms with Gasteiger partial charge in [0, 0.05) is 62.9 Å². The fraction of sp³-hybridized carbons (Fsp3) is 0.250. The molecular weight excluding hydrogens is 472 g/mol. The van der Waals surface area contributed by atoms with Gasteiger partial charge < -0.3 is 14.5 Å². The maximum Gasteiger partial charge on any atom is 0.246 e. The molecule has 1 fully saturated rings. The Morgan fingerprint density at radius 3 is 2.37 bits per heavy atom. The van der Waals surface area contributed by atoms with Crippen LogP contribution in [-0.2, 0) is 16.1 Å². The van der Waals surface area contributed by atoms with E-state index >= 15 is 0 Å². The Labute approximate surface area is 224 Å². The van der Waals surface area contributed by atoms with E-state index in [1.54, 1.807) is 6.08 Å². The molecule has 6 nitrogen and oxygen atoms in total. The molecule has 4 aromatic rings. The Hall–Kier alpha value is -4.16. The molecule has 0 radical (unpaired) electrons. The molecule has 1 aromatic heterocycles. The van der Waals surface area contributed by atoms with Gasteiger partial charge in [0.2, 0.25) is 5.91 Å². The van der Waals surface area contributed by atoms with Crippen molar-refractivity contribution >= 4 is 17.7 Å². The molecule has 1 amide bonds. The van der Waals surface area contributed by atoms with Gasteiger partial charge in [-0.25, -0.2) is 4.68 Å². The Morgan fingerprint density at radius 1 is 1.00 bits per heavy atom. The van der Waals surface area contributed by atoms with Crippen LogP contribution < -0.4 is 4.90 Å². The van der Waals surface area contributed by atoms with E-state index in [1.165, 1.54) is 0 Å². The first-order valence-corrected chi connectivity index (χ1v) is 13.1. The molecule has 0 bridgehead atoms. The van der Waals surface area contributed by atoms with Gasteiger partial charge in [-0.3, -0.25) is 4.79 Å². The summed E-state index contributed by atoms with van der Waals surface area (Å²) in [6, 6.07) is 28.4. The molecule has 1 atom stereocenters. The second kappa shape index (κ2) is 11.9. The Balaban J connectivity index is 1.41. The molecule has 1 aliphatic heterocycles. The Kier molecular flexibility index (Phi) is 8.00. The third-order valence-electron chi connectivity index (χ3n) is 6.80. The van der Waals surface area contributed by atoms with Gasteiger partial charge in [-0.1, -0.05) is 60.7 Å². The standard InChI is InChI=1S/C32H34N4O2/c1-34(2)28-18-15-25(16-19-28)22-35(24-30-14-9-21-38-30)31(37)20-17-27-23-36(29-12-7-4-8-13-29)33-32(27)26-10-5-3-6-11-26/h3-8,10-13,15-20,23,30H,9,14,21-22,24H2,1-2H3/b20-17+. The molecule has 3 aromatic carbocycles. The van der Waals surface area contributed by atoms with Crippen molar-refractivity contribution in [1.29, 1.82) is 0 Å². The largest absolute Gasteiger partial charge is 0.378 e. The van der Waals surface area contributed by atoms with Crippen LogP contribution in [0.4, 0.5) is 5.69 Å². The lowest BCUT2D eigenvalue weighted by molar-refractivity contribution is -0.128. The van der Waals surface area contributed by atoms with Crippen molar-refractivity contribution in [2.75, 3.05) is 32.1 Å². The van der Waals surface area contributed by atoms with Crippen molar-refractivity contribution in [2.45, 2.75) is 25.5 Å². The lowest BCUT2D eigenvalue weighted by Crippen LogP contribution is -2.35. The van der Waals surface area contributed by atoms with Crippen molar-refractivity contribution < 1.29 is 9.53 Å². The molecule has 1 unspecified atom stereocenters. The highest BCUT2D eigenvalue weighted by Crippen LogP contribution is 2.25. The Bertz CT molecular complexity index is 1360. The first-order valence-electron chi connectivity index (χ1n) is 13.1. The number of benzene rings is 3. The quantitative estimate of drug-likeness (QED) is 0.268. The van der Waals surface area contributed by atoms with Crippen LogP contribution in [0.1, 0.15) is 24.0 Å². The molecule has 194 valence electrons. The van der Waals surface area contributed by atoms with Gasteiger partial charge in [-0.15, -0.1) is 0 Å². The monoisotopic (exact) mass is 506 g/mol. The number of para-hydroxylation sites is 1. The minimum Gasteiger partial charge on any atom is -0.378 e. The molecule has 0 aliphatic carbocycles. The van der Waals surface area contributed by atoms with Crippen LogP contribution >= 0.6 is 0 Å². The maximum absolute atomic E-state index is 13.6. The number of hydrogen-bond acceptors (Lipinski definition) is 4. The summed E-state index contributed by atoms with van der Waals surface area (Å²) in [5.74, 6) is -0.0383. The third kappa shape index (κ3) is 6.21. The van der Waals surface area contributed by atoms with Crippen LogP contribution in [0.2, 0.25) is 0 Å². The van der Waals surface area contributed by atoms with Gasteiger partial charge >= 0.3 is 0 Å². The summed E-state index contributed by atoms with van der Waals surface area (Å²) in [5.41, 5.74) is 5.93. The molecule has 6 heteroatoms. The average Bonchev–Trinajstić information content (AvgIpc) is 3.63. The zero-order valence-electron chi connectivity index (χ0n) is 22.0. The topological polar surface area (TPSA) is 50.6 Å². The summed E-state index contributed by atoms with van der Waals surface area (Å²) in [6.45, 7) is 1.87. The molecular formula is C32H34N4O2. The van der Waals surface area contributed by atoms with E-state index in [9.17, 15) is 4.79 Å². The van der Waals surface area contributed by atoms with Crippen LogP contribution in [-0.4, -0.2) is 53.9 Å². The smallest absolute Gasteiger partial charge is 0.246 e. The van der Waals surface area contributed by atoms with Gasteiger partial charge in [-0.2, -0.15) is 5.10 Å². The number of aromatic nitrogens is 2. The summed E-state index contributed by atoms with van der Waals surface area (Å²) in [5, 5.41) is 4.86. The number of carbonyl (C=O) groups excluding carboxylic acids is 1. The molecule has 38 heavy (non-hydrogen) atoms. The first kappa shape index (κ1) is 25.5. The van der Waals surface area contributed by atoms with E-state index in [4.69, 9.17) is 9.84 Å². The SMILES string of the molecule is CN(C)c1ccc(CN(CC2CCCO2)C(=O)/C=C/c2cn(-c3ccccc3)nc2-c2ccccc2)cc1. The Morgan fingerprint density at radius 2 is 1.71 bits per heavy atom. The van der Waals surface area contributed by atoms with Crippen LogP contribution in [0.15, 0.2) is 97.2 Å². The molecule has 0 N–H and O–H groups in total. The van der Waals surface area contributed by atoms with E-state index in [2.05, 4.69) is 29.2 Å². The number of hydrogen-bond donors (Lipinski definition) is 0. The predicted molar refractivity (Wildman–Crippen MR) is 153 cm³/mol. The molecule has 1 aliphatic rings. The normalized spacial score (nSPS) is 15.2. The fourth-order valence-corrected chi connectivity index (χ4v) is 4.70. The number of carbonyl (C=O) groups is 1. The van der Waals surface area contributed by atoms with Crippen LogP contribution in [0.3, 0.4) is 0 Å². The highest BCUT2D eigenvalue weighted by molar-refractivity contribution is 5.93. The van der Waals surface area contributed by atoms with Gasteiger partial charge in [0.1, 0.15) is 0 Å². The van der Waals surface area contributed by atoms with Crippen molar-refractivity contribution in [3.8, 4) is 16.9 Å². The number of amides is 1.